The van der Waals surface area contributed by atoms with Crippen LogP contribution in [0.5, 0.6) is 0 Å². The van der Waals surface area contributed by atoms with Gasteiger partial charge in [-0.1, -0.05) is 88.4 Å². The van der Waals surface area contributed by atoms with Crippen molar-refractivity contribution in [2.75, 3.05) is 13.2 Å². The van der Waals surface area contributed by atoms with Gasteiger partial charge in [0.2, 0.25) is 0 Å². The maximum Gasteiger partial charge on any atom is 0.327 e. The summed E-state index contributed by atoms with van der Waals surface area (Å²) in [4.78, 5) is 24.8. The number of hydrogen-bond donors (Lipinski definition) is 1. The predicted molar refractivity (Wildman–Crippen MR) is 130 cm³/mol. The van der Waals surface area contributed by atoms with Crippen molar-refractivity contribution in [3.05, 3.63) is 71.8 Å². The number of carbonyl (C=O) groups excluding carboxylic acids is 2. The third-order valence-corrected chi connectivity index (χ3v) is 6.33. The van der Waals surface area contributed by atoms with Gasteiger partial charge in [-0.05, 0) is 24.0 Å². The molecule has 2 rings (SSSR count). The minimum absolute atomic E-state index is 0.0259. The number of rotatable bonds is 12. The Morgan fingerprint density at radius 2 is 1.21 bits per heavy atom. The fourth-order valence-corrected chi connectivity index (χ4v) is 4.21. The Morgan fingerprint density at radius 1 is 0.794 bits per heavy atom. The van der Waals surface area contributed by atoms with Crippen LogP contribution in [0.25, 0.3) is 0 Å². The molecular formula is C26H34O7S. The number of benzene rings is 2. The first kappa shape index (κ1) is 27.5. The van der Waals surface area contributed by atoms with E-state index in [9.17, 15) is 22.6 Å². The normalized spacial score (nSPS) is 13.2. The average Bonchev–Trinajstić information content (AvgIpc) is 2.74. The van der Waals surface area contributed by atoms with Crippen LogP contribution in [0.3, 0.4) is 0 Å². The van der Waals surface area contributed by atoms with Crippen molar-refractivity contribution in [2.45, 2.75) is 52.2 Å². The van der Waals surface area contributed by atoms with Gasteiger partial charge >= 0.3 is 11.9 Å². The highest BCUT2D eigenvalue weighted by Gasteiger charge is 2.37. The molecule has 2 aromatic carbocycles. The zero-order chi connectivity index (χ0) is 25.4. The molecule has 0 radical (unpaired) electrons. The molecule has 2 aromatic rings. The van der Waals surface area contributed by atoms with Gasteiger partial charge in [-0.3, -0.25) is 14.1 Å². The van der Waals surface area contributed by atoms with Crippen LogP contribution in [-0.4, -0.2) is 43.4 Å². The lowest BCUT2D eigenvalue weighted by Crippen LogP contribution is -2.37. The Kier molecular flexibility index (Phi) is 9.41. The molecule has 0 fully saturated rings. The first-order chi connectivity index (χ1) is 15.8. The van der Waals surface area contributed by atoms with Crippen molar-refractivity contribution in [2.24, 2.45) is 10.8 Å². The Bertz CT molecular complexity index is 1050. The molecule has 34 heavy (non-hydrogen) atoms. The number of hydrogen-bond acceptors (Lipinski definition) is 6. The molecule has 0 amide bonds. The molecule has 186 valence electrons. The lowest BCUT2D eigenvalue weighted by Gasteiger charge is -2.26. The molecule has 0 heterocycles. The molecule has 8 heteroatoms. The second-order valence-electron chi connectivity index (χ2n) is 10.1. The third-order valence-electron chi connectivity index (χ3n) is 5.25. The van der Waals surface area contributed by atoms with Crippen LogP contribution in [0.2, 0.25) is 0 Å². The summed E-state index contributed by atoms with van der Waals surface area (Å²) in [6, 6.07) is 19.3. The molecule has 0 aliphatic rings. The van der Waals surface area contributed by atoms with E-state index in [1.54, 1.807) is 0 Å². The monoisotopic (exact) mass is 490 g/mol. The molecule has 7 nitrogen and oxygen atoms in total. The van der Waals surface area contributed by atoms with E-state index in [1.165, 1.54) is 0 Å². The van der Waals surface area contributed by atoms with Crippen molar-refractivity contribution in [1.82, 2.24) is 0 Å². The molecule has 1 unspecified atom stereocenters. The Labute approximate surface area is 202 Å². The van der Waals surface area contributed by atoms with Gasteiger partial charge in [0.05, 0.1) is 19.6 Å². The van der Waals surface area contributed by atoms with Crippen LogP contribution in [-0.2, 0) is 42.0 Å². The summed E-state index contributed by atoms with van der Waals surface area (Å²) >= 11 is 0. The first-order valence-electron chi connectivity index (χ1n) is 11.1. The van der Waals surface area contributed by atoms with E-state index in [0.717, 1.165) is 11.1 Å². The molecule has 0 bridgehead atoms. The van der Waals surface area contributed by atoms with Gasteiger partial charge in [-0.25, -0.2) is 0 Å². The number of esters is 2. The Morgan fingerprint density at radius 3 is 1.62 bits per heavy atom. The SMILES string of the molecule is CC(C)(COC(=O)CC(C(=O)OCC(C)(C)Cc1ccccc1)S(=O)(=O)O)Cc1ccccc1. The maximum atomic E-state index is 12.5. The van der Waals surface area contributed by atoms with Crippen molar-refractivity contribution in [1.29, 1.82) is 0 Å². The number of ether oxygens (including phenoxy) is 2. The Balaban J connectivity index is 1.93. The van der Waals surface area contributed by atoms with Gasteiger partial charge in [0.15, 0.2) is 5.25 Å². The fourth-order valence-electron chi connectivity index (χ4n) is 3.55. The summed E-state index contributed by atoms with van der Waals surface area (Å²) in [5, 5.41) is -2.04. The topological polar surface area (TPSA) is 107 Å². The maximum absolute atomic E-state index is 12.5. The standard InChI is InChI=1S/C26H34O7S/c1-25(2,16-20-11-7-5-8-12-20)18-32-23(27)15-22(34(29,30)31)24(28)33-19-26(3,4)17-21-13-9-6-10-14-21/h5-14,22H,15-19H2,1-4H3,(H,29,30,31). The van der Waals surface area contributed by atoms with Gasteiger partial charge in [-0.15, -0.1) is 0 Å². The zero-order valence-corrected chi connectivity index (χ0v) is 21.0. The number of carbonyl (C=O) groups is 2. The Hall–Kier alpha value is -2.71. The van der Waals surface area contributed by atoms with E-state index in [1.807, 2.05) is 88.4 Å². The summed E-state index contributed by atoms with van der Waals surface area (Å²) in [6.07, 6.45) is 0.412. The third kappa shape index (κ3) is 9.65. The minimum atomic E-state index is -4.86. The highest BCUT2D eigenvalue weighted by Crippen LogP contribution is 2.24. The van der Waals surface area contributed by atoms with E-state index in [0.29, 0.717) is 12.8 Å². The average molecular weight is 491 g/mol. The minimum Gasteiger partial charge on any atom is -0.465 e. The van der Waals surface area contributed by atoms with Crippen molar-refractivity contribution in [3.8, 4) is 0 Å². The smallest absolute Gasteiger partial charge is 0.327 e. The van der Waals surface area contributed by atoms with Crippen LogP contribution < -0.4 is 0 Å². The van der Waals surface area contributed by atoms with Crippen molar-refractivity contribution in [3.63, 3.8) is 0 Å². The lowest BCUT2D eigenvalue weighted by atomic mass is 9.86. The van der Waals surface area contributed by atoms with E-state index >= 15 is 0 Å². The summed E-state index contributed by atoms with van der Waals surface area (Å²) < 4.78 is 43.6. The van der Waals surface area contributed by atoms with Crippen LogP contribution >= 0.6 is 0 Å². The first-order valence-corrected chi connectivity index (χ1v) is 12.6. The summed E-state index contributed by atoms with van der Waals surface area (Å²) in [5.41, 5.74) is 1.22. The molecule has 0 spiro atoms. The molecule has 0 aliphatic heterocycles. The van der Waals surface area contributed by atoms with E-state index in [4.69, 9.17) is 9.47 Å². The quantitative estimate of drug-likeness (QED) is 0.350. The molecule has 0 saturated carbocycles. The van der Waals surface area contributed by atoms with Gasteiger partial charge in [0, 0.05) is 10.8 Å². The lowest BCUT2D eigenvalue weighted by molar-refractivity contribution is -0.153. The molecular weight excluding hydrogens is 456 g/mol. The van der Waals surface area contributed by atoms with Gasteiger partial charge in [0.25, 0.3) is 10.1 Å². The van der Waals surface area contributed by atoms with E-state index in [-0.39, 0.29) is 13.2 Å². The second-order valence-corrected chi connectivity index (χ2v) is 11.7. The van der Waals surface area contributed by atoms with E-state index < -0.39 is 44.6 Å². The molecule has 1 N–H and O–H groups in total. The van der Waals surface area contributed by atoms with Gasteiger partial charge in [-0.2, -0.15) is 8.42 Å². The molecule has 1 atom stereocenters. The van der Waals surface area contributed by atoms with Crippen LogP contribution in [0.1, 0.15) is 45.2 Å². The van der Waals surface area contributed by atoms with Crippen LogP contribution in [0, 0.1) is 10.8 Å². The van der Waals surface area contributed by atoms with Crippen LogP contribution in [0.4, 0.5) is 0 Å². The highest BCUT2D eigenvalue weighted by molar-refractivity contribution is 7.87. The van der Waals surface area contributed by atoms with Gasteiger partial charge in [0.1, 0.15) is 0 Å². The predicted octanol–water partition coefficient (Wildman–Crippen LogP) is 4.26. The zero-order valence-electron chi connectivity index (χ0n) is 20.2. The molecule has 0 saturated heterocycles. The summed E-state index contributed by atoms with van der Waals surface area (Å²) in [5.74, 6) is -2.08. The summed E-state index contributed by atoms with van der Waals surface area (Å²) in [7, 11) is -4.86. The van der Waals surface area contributed by atoms with Crippen molar-refractivity contribution >= 4 is 22.1 Å². The second kappa shape index (κ2) is 11.6. The molecule has 0 aliphatic carbocycles. The largest absolute Gasteiger partial charge is 0.465 e. The van der Waals surface area contributed by atoms with Crippen molar-refractivity contribution < 1.29 is 32.0 Å². The highest BCUT2D eigenvalue weighted by atomic mass is 32.2. The van der Waals surface area contributed by atoms with Crippen LogP contribution in [0.15, 0.2) is 60.7 Å². The summed E-state index contributed by atoms with van der Waals surface area (Å²) in [6.45, 7) is 7.52. The fraction of sp³-hybridized carbons (Fsp3) is 0.462. The van der Waals surface area contributed by atoms with E-state index in [2.05, 4.69) is 0 Å². The van der Waals surface area contributed by atoms with Gasteiger partial charge < -0.3 is 9.47 Å². The molecule has 0 aromatic heterocycles.